The van der Waals surface area contributed by atoms with Crippen molar-refractivity contribution in [3.05, 3.63) is 35.9 Å². The van der Waals surface area contributed by atoms with Crippen LogP contribution in [0.1, 0.15) is 5.56 Å². The number of aldehydes is 1. The highest BCUT2D eigenvalue weighted by Gasteiger charge is 2.33. The van der Waals surface area contributed by atoms with Crippen LogP contribution in [0.5, 0.6) is 0 Å². The van der Waals surface area contributed by atoms with Crippen molar-refractivity contribution in [1.82, 2.24) is 4.90 Å². The highest BCUT2D eigenvalue weighted by molar-refractivity contribution is 5.56. The Kier molecular flexibility index (Phi) is 3.66. The van der Waals surface area contributed by atoms with Crippen molar-refractivity contribution in [2.75, 3.05) is 13.2 Å². The normalized spacial score (nSPS) is 25.8. The van der Waals surface area contributed by atoms with Crippen LogP contribution in [0.3, 0.4) is 0 Å². The Hall–Kier alpha value is -1.23. The van der Waals surface area contributed by atoms with E-state index in [0.29, 0.717) is 13.2 Å². The average molecular weight is 221 g/mol. The fourth-order valence-corrected chi connectivity index (χ4v) is 1.90. The summed E-state index contributed by atoms with van der Waals surface area (Å²) < 4.78 is 5.29. The Bertz CT molecular complexity index is 341. The molecule has 86 valence electrons. The van der Waals surface area contributed by atoms with E-state index in [1.54, 1.807) is 0 Å². The fourth-order valence-electron chi connectivity index (χ4n) is 1.90. The molecule has 0 aliphatic carbocycles. The second kappa shape index (κ2) is 5.21. The summed E-state index contributed by atoms with van der Waals surface area (Å²) in [5.74, 6) is 0. The molecule has 0 amide bonds. The highest BCUT2D eigenvalue weighted by atomic mass is 16.5. The minimum Gasteiger partial charge on any atom is -0.395 e. The highest BCUT2D eigenvalue weighted by Crippen LogP contribution is 2.18. The van der Waals surface area contributed by atoms with Crippen LogP contribution in [-0.4, -0.2) is 41.8 Å². The maximum Gasteiger partial charge on any atom is 0.167 e. The Morgan fingerprint density at radius 3 is 2.81 bits per heavy atom. The van der Waals surface area contributed by atoms with Crippen LogP contribution in [0.15, 0.2) is 30.3 Å². The number of aliphatic hydroxyl groups excluding tert-OH is 1. The maximum atomic E-state index is 10.8. The van der Waals surface area contributed by atoms with Gasteiger partial charge in [-0.1, -0.05) is 30.3 Å². The molecule has 1 heterocycles. The lowest BCUT2D eigenvalue weighted by molar-refractivity contribution is -0.122. The van der Waals surface area contributed by atoms with Crippen molar-refractivity contribution in [2.45, 2.75) is 18.8 Å². The monoisotopic (exact) mass is 221 g/mol. The molecule has 1 unspecified atom stereocenters. The lowest BCUT2D eigenvalue weighted by atomic mass is 10.2. The third kappa shape index (κ3) is 2.29. The van der Waals surface area contributed by atoms with Gasteiger partial charge >= 0.3 is 0 Å². The van der Waals surface area contributed by atoms with Crippen molar-refractivity contribution < 1.29 is 14.6 Å². The zero-order valence-corrected chi connectivity index (χ0v) is 8.95. The van der Waals surface area contributed by atoms with Crippen molar-refractivity contribution in [2.24, 2.45) is 0 Å². The largest absolute Gasteiger partial charge is 0.395 e. The first kappa shape index (κ1) is 11.3. The molecule has 1 N–H and O–H groups in total. The molecule has 0 radical (unpaired) electrons. The zero-order valence-electron chi connectivity index (χ0n) is 8.95. The van der Waals surface area contributed by atoms with E-state index in [1.807, 2.05) is 35.2 Å². The van der Waals surface area contributed by atoms with Gasteiger partial charge in [0.25, 0.3) is 0 Å². The first-order valence-electron chi connectivity index (χ1n) is 5.32. The van der Waals surface area contributed by atoms with Gasteiger partial charge in [0.05, 0.1) is 19.3 Å². The second-order valence-corrected chi connectivity index (χ2v) is 3.85. The van der Waals surface area contributed by atoms with E-state index in [4.69, 9.17) is 4.74 Å². The van der Waals surface area contributed by atoms with E-state index in [1.165, 1.54) is 0 Å². The number of ether oxygens (including phenoxy) is 1. The molecule has 2 rings (SSSR count). The summed E-state index contributed by atoms with van der Waals surface area (Å²) in [6.07, 6.45) is 0.246. The van der Waals surface area contributed by atoms with E-state index >= 15 is 0 Å². The van der Waals surface area contributed by atoms with Crippen LogP contribution >= 0.6 is 0 Å². The van der Waals surface area contributed by atoms with Crippen LogP contribution in [-0.2, 0) is 16.1 Å². The maximum absolute atomic E-state index is 10.8. The summed E-state index contributed by atoms with van der Waals surface area (Å²) >= 11 is 0. The number of hydrogen-bond donors (Lipinski definition) is 1. The number of rotatable bonds is 4. The van der Waals surface area contributed by atoms with Crippen molar-refractivity contribution in [1.29, 1.82) is 0 Å². The molecule has 0 spiro atoms. The lowest BCUT2D eigenvalue weighted by Crippen LogP contribution is -2.39. The van der Waals surface area contributed by atoms with Crippen molar-refractivity contribution in [3.8, 4) is 0 Å². The Morgan fingerprint density at radius 1 is 1.44 bits per heavy atom. The molecule has 1 aliphatic rings. The topological polar surface area (TPSA) is 49.8 Å². The number of benzene rings is 1. The molecule has 1 fully saturated rings. The fraction of sp³-hybridized carbons (Fsp3) is 0.417. The molecule has 2 atom stereocenters. The third-order valence-corrected chi connectivity index (χ3v) is 2.79. The Labute approximate surface area is 94.4 Å². The molecule has 1 aromatic rings. The Morgan fingerprint density at radius 2 is 2.19 bits per heavy atom. The number of carbonyl (C=O) groups excluding carboxylic acids is 1. The molecule has 1 saturated heterocycles. The quantitative estimate of drug-likeness (QED) is 0.748. The molecular weight excluding hydrogens is 206 g/mol. The Balaban J connectivity index is 2.08. The van der Waals surface area contributed by atoms with Gasteiger partial charge in [0.15, 0.2) is 12.5 Å². The van der Waals surface area contributed by atoms with Crippen molar-refractivity contribution >= 4 is 6.29 Å². The van der Waals surface area contributed by atoms with Gasteiger partial charge in [-0.2, -0.15) is 0 Å². The SMILES string of the molecule is O=CC1OC[C@@H](CO)N1Cc1ccccc1. The molecule has 0 saturated carbocycles. The van der Waals surface area contributed by atoms with Crippen LogP contribution in [0.2, 0.25) is 0 Å². The molecule has 0 bridgehead atoms. The number of nitrogens with zero attached hydrogens (tertiary/aromatic N) is 1. The first-order valence-corrected chi connectivity index (χ1v) is 5.32. The van der Waals surface area contributed by atoms with E-state index < -0.39 is 6.23 Å². The molecule has 4 nitrogen and oxygen atoms in total. The molecule has 1 aromatic carbocycles. The van der Waals surface area contributed by atoms with Gasteiger partial charge in [-0.25, -0.2) is 0 Å². The third-order valence-electron chi connectivity index (χ3n) is 2.79. The molecule has 0 aromatic heterocycles. The second-order valence-electron chi connectivity index (χ2n) is 3.85. The average Bonchev–Trinajstić information content (AvgIpc) is 2.72. The molecule has 16 heavy (non-hydrogen) atoms. The van der Waals surface area contributed by atoms with E-state index in [9.17, 15) is 9.90 Å². The van der Waals surface area contributed by atoms with E-state index in [2.05, 4.69) is 0 Å². The van der Waals surface area contributed by atoms with Gasteiger partial charge in [-0.3, -0.25) is 9.69 Å². The van der Waals surface area contributed by atoms with Crippen LogP contribution in [0.4, 0.5) is 0 Å². The summed E-state index contributed by atoms with van der Waals surface area (Å²) in [4.78, 5) is 12.7. The predicted molar refractivity (Wildman–Crippen MR) is 58.7 cm³/mol. The summed E-state index contributed by atoms with van der Waals surface area (Å²) in [6.45, 7) is 1.04. The predicted octanol–water partition coefficient (Wildman–Crippen LogP) is 0.405. The van der Waals surface area contributed by atoms with Gasteiger partial charge in [-0.15, -0.1) is 0 Å². The molecular formula is C12H15NO3. The summed E-state index contributed by atoms with van der Waals surface area (Å²) in [7, 11) is 0. The standard InChI is InChI=1S/C12H15NO3/c14-7-11-9-16-12(8-15)13(11)6-10-4-2-1-3-5-10/h1-5,8,11-12,14H,6-7,9H2/t11-,12?/m1/s1. The molecule has 4 heteroatoms. The minimum atomic E-state index is -0.530. The number of carbonyl (C=O) groups is 1. The number of aliphatic hydroxyl groups is 1. The minimum absolute atomic E-state index is 0.0111. The van der Waals surface area contributed by atoms with Crippen LogP contribution < -0.4 is 0 Å². The lowest BCUT2D eigenvalue weighted by Gasteiger charge is -2.23. The van der Waals surface area contributed by atoms with E-state index in [-0.39, 0.29) is 12.6 Å². The summed E-state index contributed by atoms with van der Waals surface area (Å²) in [5.41, 5.74) is 1.11. The van der Waals surface area contributed by atoms with Gasteiger partial charge in [0.2, 0.25) is 0 Å². The summed E-state index contributed by atoms with van der Waals surface area (Å²) in [6, 6.07) is 9.76. The van der Waals surface area contributed by atoms with Gasteiger partial charge in [0, 0.05) is 6.54 Å². The molecule has 1 aliphatic heterocycles. The van der Waals surface area contributed by atoms with Gasteiger partial charge in [0.1, 0.15) is 0 Å². The van der Waals surface area contributed by atoms with Gasteiger partial charge in [-0.05, 0) is 5.56 Å². The smallest absolute Gasteiger partial charge is 0.167 e. The number of hydrogen-bond acceptors (Lipinski definition) is 4. The van der Waals surface area contributed by atoms with Gasteiger partial charge < -0.3 is 9.84 Å². The van der Waals surface area contributed by atoms with Crippen LogP contribution in [0.25, 0.3) is 0 Å². The first-order chi connectivity index (χ1) is 7.85. The van der Waals surface area contributed by atoms with Crippen molar-refractivity contribution in [3.63, 3.8) is 0 Å². The summed E-state index contributed by atoms with van der Waals surface area (Å²) in [5, 5.41) is 9.19. The van der Waals surface area contributed by atoms with Crippen LogP contribution in [0, 0.1) is 0 Å². The zero-order chi connectivity index (χ0) is 11.4. The van der Waals surface area contributed by atoms with E-state index in [0.717, 1.165) is 11.8 Å².